The molecule has 1 atom stereocenters. The molecule has 0 aromatic heterocycles. The van der Waals surface area contributed by atoms with Crippen LogP contribution in [-0.2, 0) is 11.2 Å². The van der Waals surface area contributed by atoms with E-state index in [1.165, 1.54) is 0 Å². The lowest BCUT2D eigenvalue weighted by molar-refractivity contribution is -0.0581. The van der Waals surface area contributed by atoms with Crippen molar-refractivity contribution < 1.29 is 14.6 Å². The van der Waals surface area contributed by atoms with Crippen LogP contribution in [0.15, 0.2) is 36.6 Å². The van der Waals surface area contributed by atoms with Gasteiger partial charge in [-0.05, 0) is 42.2 Å². The highest BCUT2D eigenvalue weighted by Gasteiger charge is 2.39. The van der Waals surface area contributed by atoms with E-state index in [1.807, 2.05) is 38.1 Å². The number of allylic oxidation sites excluding steroid dienone is 1. The van der Waals surface area contributed by atoms with Crippen molar-refractivity contribution in [2.45, 2.75) is 44.8 Å². The molecule has 0 bridgehead atoms. The van der Waals surface area contributed by atoms with Gasteiger partial charge < -0.3 is 14.6 Å². The van der Waals surface area contributed by atoms with Crippen LogP contribution >= 0.6 is 0 Å². The van der Waals surface area contributed by atoms with E-state index in [-0.39, 0.29) is 6.10 Å². The molecule has 0 saturated carbocycles. The van der Waals surface area contributed by atoms with E-state index in [1.54, 1.807) is 7.11 Å². The van der Waals surface area contributed by atoms with Gasteiger partial charge in [-0.3, -0.25) is 0 Å². The van der Waals surface area contributed by atoms with Crippen LogP contribution in [0, 0.1) is 0 Å². The number of fused-ring (bicyclic) bond motifs is 1. The van der Waals surface area contributed by atoms with Crippen molar-refractivity contribution in [1.82, 2.24) is 0 Å². The normalized spacial score (nSPS) is 17.6. The first-order chi connectivity index (χ1) is 10.0. The Morgan fingerprint density at radius 1 is 1.48 bits per heavy atom. The first-order valence-electron chi connectivity index (χ1n) is 7.45. The van der Waals surface area contributed by atoms with Gasteiger partial charge in [0.1, 0.15) is 23.2 Å². The molecular formula is C18H24O3. The SMILES string of the molecule is C=C(C=Cc1ccc2c(c1)CC(C(O)(CC)CC)O2)OC. The summed E-state index contributed by atoms with van der Waals surface area (Å²) in [7, 11) is 1.60. The van der Waals surface area contributed by atoms with Gasteiger partial charge in [0.2, 0.25) is 0 Å². The molecule has 2 rings (SSSR count). The van der Waals surface area contributed by atoms with Crippen LogP contribution in [0.3, 0.4) is 0 Å². The number of methoxy groups -OCH3 is 1. The van der Waals surface area contributed by atoms with Gasteiger partial charge in [-0.25, -0.2) is 0 Å². The second kappa shape index (κ2) is 6.35. The zero-order valence-electron chi connectivity index (χ0n) is 13.1. The van der Waals surface area contributed by atoms with Gasteiger partial charge in [0, 0.05) is 6.42 Å². The largest absolute Gasteiger partial charge is 0.497 e. The number of aliphatic hydroxyl groups is 1. The van der Waals surface area contributed by atoms with Crippen LogP contribution in [0.2, 0.25) is 0 Å². The maximum absolute atomic E-state index is 10.6. The van der Waals surface area contributed by atoms with Crippen LogP contribution in [0.4, 0.5) is 0 Å². The lowest BCUT2D eigenvalue weighted by atomic mass is 9.88. The average molecular weight is 288 g/mol. The molecule has 1 heterocycles. The molecule has 3 nitrogen and oxygen atoms in total. The Morgan fingerprint density at radius 3 is 2.81 bits per heavy atom. The van der Waals surface area contributed by atoms with Gasteiger partial charge in [-0.15, -0.1) is 0 Å². The molecule has 1 aromatic carbocycles. The van der Waals surface area contributed by atoms with E-state index in [0.29, 0.717) is 18.6 Å². The third-order valence-corrected chi connectivity index (χ3v) is 4.31. The molecule has 0 saturated heterocycles. The molecule has 0 amide bonds. The van der Waals surface area contributed by atoms with Crippen LogP contribution in [0.1, 0.15) is 37.8 Å². The molecule has 1 aliphatic rings. The molecule has 0 aliphatic carbocycles. The minimum absolute atomic E-state index is 0.157. The average Bonchev–Trinajstić information content (AvgIpc) is 2.95. The van der Waals surface area contributed by atoms with Crippen LogP contribution < -0.4 is 4.74 Å². The van der Waals surface area contributed by atoms with Crippen molar-refractivity contribution in [3.63, 3.8) is 0 Å². The summed E-state index contributed by atoms with van der Waals surface area (Å²) in [6.45, 7) is 7.76. The summed E-state index contributed by atoms with van der Waals surface area (Å²) in [5.41, 5.74) is 1.47. The highest BCUT2D eigenvalue weighted by Crippen LogP contribution is 2.36. The number of hydrogen-bond acceptors (Lipinski definition) is 3. The van der Waals surface area contributed by atoms with Crippen molar-refractivity contribution >= 4 is 6.08 Å². The molecule has 0 radical (unpaired) electrons. The van der Waals surface area contributed by atoms with Crippen LogP contribution in [0.5, 0.6) is 5.75 Å². The Bertz CT molecular complexity index is 541. The van der Waals surface area contributed by atoms with E-state index in [4.69, 9.17) is 9.47 Å². The summed E-state index contributed by atoms with van der Waals surface area (Å²) in [6.07, 6.45) is 5.79. The fourth-order valence-corrected chi connectivity index (χ4v) is 2.63. The van der Waals surface area contributed by atoms with E-state index in [9.17, 15) is 5.11 Å². The van der Waals surface area contributed by atoms with Crippen molar-refractivity contribution in [3.8, 4) is 5.75 Å². The molecule has 0 fully saturated rings. The third-order valence-electron chi connectivity index (χ3n) is 4.31. The lowest BCUT2D eigenvalue weighted by Crippen LogP contribution is -2.44. The Hall–Kier alpha value is -1.74. The number of ether oxygens (including phenoxy) is 2. The Morgan fingerprint density at radius 2 is 2.19 bits per heavy atom. The molecular weight excluding hydrogens is 264 g/mol. The number of hydrogen-bond donors (Lipinski definition) is 1. The van der Waals surface area contributed by atoms with Gasteiger partial charge in [-0.2, -0.15) is 0 Å². The van der Waals surface area contributed by atoms with Crippen LogP contribution in [0.25, 0.3) is 6.08 Å². The minimum Gasteiger partial charge on any atom is -0.497 e. The van der Waals surface area contributed by atoms with Gasteiger partial charge in [0.05, 0.1) is 7.11 Å². The quantitative estimate of drug-likeness (QED) is 0.640. The predicted octanol–water partition coefficient (Wildman–Crippen LogP) is 3.71. The summed E-state index contributed by atoms with van der Waals surface area (Å²) in [4.78, 5) is 0. The molecule has 1 aliphatic heterocycles. The van der Waals surface area contributed by atoms with Crippen molar-refractivity contribution in [1.29, 1.82) is 0 Å². The molecule has 1 unspecified atom stereocenters. The molecule has 1 aromatic rings. The standard InChI is InChI=1S/C18H24O3/c1-5-18(19,6-2)17-12-15-11-14(8-7-13(3)20-4)9-10-16(15)21-17/h7-11,17,19H,3,5-6,12H2,1-2,4H3. The summed E-state index contributed by atoms with van der Waals surface area (Å²) in [6, 6.07) is 6.06. The van der Waals surface area contributed by atoms with Crippen molar-refractivity contribution in [3.05, 3.63) is 47.7 Å². The van der Waals surface area contributed by atoms with E-state index >= 15 is 0 Å². The molecule has 1 N–H and O–H groups in total. The summed E-state index contributed by atoms with van der Waals surface area (Å²) in [5.74, 6) is 1.50. The van der Waals surface area contributed by atoms with Gasteiger partial charge >= 0.3 is 0 Å². The first kappa shape index (κ1) is 15.6. The summed E-state index contributed by atoms with van der Waals surface area (Å²) >= 11 is 0. The molecule has 21 heavy (non-hydrogen) atoms. The Kier molecular flexibility index (Phi) is 4.73. The van der Waals surface area contributed by atoms with E-state index < -0.39 is 5.60 Å². The van der Waals surface area contributed by atoms with Crippen molar-refractivity contribution in [2.24, 2.45) is 0 Å². The summed E-state index contributed by atoms with van der Waals surface area (Å²) in [5, 5.41) is 10.6. The highest BCUT2D eigenvalue weighted by atomic mass is 16.5. The zero-order chi connectivity index (χ0) is 15.5. The number of benzene rings is 1. The second-order valence-corrected chi connectivity index (χ2v) is 5.49. The lowest BCUT2D eigenvalue weighted by Gasteiger charge is -2.31. The third kappa shape index (κ3) is 3.30. The Labute approximate surface area is 126 Å². The molecule has 114 valence electrons. The van der Waals surface area contributed by atoms with Gasteiger partial charge in [0.25, 0.3) is 0 Å². The van der Waals surface area contributed by atoms with Crippen LogP contribution in [-0.4, -0.2) is 23.9 Å². The minimum atomic E-state index is -0.751. The van der Waals surface area contributed by atoms with Gasteiger partial charge in [-0.1, -0.05) is 32.6 Å². The molecule has 0 spiro atoms. The maximum Gasteiger partial charge on any atom is 0.131 e. The smallest absolute Gasteiger partial charge is 0.131 e. The first-order valence-corrected chi connectivity index (χ1v) is 7.45. The predicted molar refractivity (Wildman–Crippen MR) is 85.3 cm³/mol. The monoisotopic (exact) mass is 288 g/mol. The highest BCUT2D eigenvalue weighted by molar-refractivity contribution is 5.56. The van der Waals surface area contributed by atoms with E-state index in [0.717, 1.165) is 23.3 Å². The second-order valence-electron chi connectivity index (χ2n) is 5.49. The number of rotatable bonds is 6. The van der Waals surface area contributed by atoms with E-state index in [2.05, 4.69) is 12.6 Å². The fraction of sp³-hybridized carbons (Fsp3) is 0.444. The fourth-order valence-electron chi connectivity index (χ4n) is 2.63. The Balaban J connectivity index is 2.15. The summed E-state index contributed by atoms with van der Waals surface area (Å²) < 4.78 is 11.0. The zero-order valence-corrected chi connectivity index (χ0v) is 13.1. The van der Waals surface area contributed by atoms with Crippen molar-refractivity contribution in [2.75, 3.05) is 7.11 Å². The van der Waals surface area contributed by atoms with Gasteiger partial charge in [0.15, 0.2) is 0 Å². The topological polar surface area (TPSA) is 38.7 Å². The maximum atomic E-state index is 10.6. The molecule has 3 heteroatoms.